The van der Waals surface area contributed by atoms with Crippen LogP contribution in [0.5, 0.6) is 0 Å². The van der Waals surface area contributed by atoms with Crippen LogP contribution in [0.15, 0.2) is 60.9 Å². The summed E-state index contributed by atoms with van der Waals surface area (Å²) >= 11 is 0. The van der Waals surface area contributed by atoms with Crippen LogP contribution in [0.4, 0.5) is 0 Å². The summed E-state index contributed by atoms with van der Waals surface area (Å²) in [6.45, 7) is 6.40. The molecule has 0 spiro atoms. The Balaban J connectivity index is 1.34. The van der Waals surface area contributed by atoms with Gasteiger partial charge in [-0.25, -0.2) is 14.5 Å². The van der Waals surface area contributed by atoms with Gasteiger partial charge in [0.1, 0.15) is 5.56 Å². The van der Waals surface area contributed by atoms with Gasteiger partial charge in [0.2, 0.25) is 0 Å². The molecule has 0 aliphatic heterocycles. The molecule has 3 aromatic heterocycles. The number of nitrogens with zero attached hydrogens (tertiary/aromatic N) is 5. The van der Waals surface area contributed by atoms with Crippen molar-refractivity contribution in [2.24, 2.45) is 0 Å². The summed E-state index contributed by atoms with van der Waals surface area (Å²) in [6.07, 6.45) is 3.66. The second-order valence-electron chi connectivity index (χ2n) is 8.10. The smallest absolute Gasteiger partial charge is 0.342 e. The van der Waals surface area contributed by atoms with Crippen molar-refractivity contribution in [3.63, 3.8) is 0 Å². The van der Waals surface area contributed by atoms with E-state index in [4.69, 9.17) is 4.74 Å². The summed E-state index contributed by atoms with van der Waals surface area (Å²) < 4.78 is 8.80. The molecule has 180 valence electrons. The predicted octanol–water partition coefficient (Wildman–Crippen LogP) is 3.16. The van der Waals surface area contributed by atoms with E-state index >= 15 is 0 Å². The van der Waals surface area contributed by atoms with Crippen LogP contribution >= 0.6 is 0 Å². The zero-order chi connectivity index (χ0) is 24.8. The number of nitrogens with one attached hydrogen (secondary N) is 1. The van der Waals surface area contributed by atoms with Crippen molar-refractivity contribution in [2.75, 3.05) is 6.61 Å². The normalized spacial score (nSPS) is 10.8. The standard InChI is InChI=1S/C26H28N6O3/c1-4-23-22(15-29-32(23)24-12-8-9-13-27-24)26(34)35-17-25(33)28-14-21-18(2)30-31(19(21)3)16-20-10-6-5-7-11-20/h5-13,15H,4,14,16-17H2,1-3H3,(H,28,33). The number of aryl methyl sites for hydroxylation is 1. The molecule has 35 heavy (non-hydrogen) atoms. The van der Waals surface area contributed by atoms with Crippen LogP contribution in [0, 0.1) is 13.8 Å². The van der Waals surface area contributed by atoms with Crippen LogP contribution in [0.2, 0.25) is 0 Å². The molecule has 9 heteroatoms. The van der Waals surface area contributed by atoms with Crippen LogP contribution in [0.1, 0.15) is 45.5 Å². The van der Waals surface area contributed by atoms with Crippen molar-refractivity contribution in [1.29, 1.82) is 0 Å². The fourth-order valence-corrected chi connectivity index (χ4v) is 3.91. The zero-order valence-electron chi connectivity index (χ0n) is 20.1. The number of hydrogen-bond donors (Lipinski definition) is 1. The number of hydrogen-bond acceptors (Lipinski definition) is 6. The van der Waals surface area contributed by atoms with Gasteiger partial charge in [-0.3, -0.25) is 9.48 Å². The van der Waals surface area contributed by atoms with E-state index in [-0.39, 0.29) is 12.5 Å². The van der Waals surface area contributed by atoms with E-state index in [1.165, 1.54) is 6.20 Å². The summed E-state index contributed by atoms with van der Waals surface area (Å²) in [4.78, 5) is 29.3. The largest absolute Gasteiger partial charge is 0.452 e. The number of rotatable bonds is 9. The van der Waals surface area contributed by atoms with Crippen molar-refractivity contribution >= 4 is 11.9 Å². The number of amides is 1. The Morgan fingerprint density at radius 2 is 1.83 bits per heavy atom. The maximum Gasteiger partial charge on any atom is 0.342 e. The van der Waals surface area contributed by atoms with Crippen LogP contribution in [0.3, 0.4) is 0 Å². The Kier molecular flexibility index (Phi) is 7.35. The van der Waals surface area contributed by atoms with Gasteiger partial charge in [0.25, 0.3) is 5.91 Å². The van der Waals surface area contributed by atoms with E-state index in [1.54, 1.807) is 16.9 Å². The Hall–Kier alpha value is -4.27. The highest BCUT2D eigenvalue weighted by molar-refractivity contribution is 5.92. The van der Waals surface area contributed by atoms with E-state index in [1.807, 2.05) is 55.8 Å². The lowest BCUT2D eigenvalue weighted by Crippen LogP contribution is -2.29. The van der Waals surface area contributed by atoms with Gasteiger partial charge in [-0.2, -0.15) is 10.2 Å². The van der Waals surface area contributed by atoms with E-state index in [0.29, 0.717) is 36.6 Å². The molecule has 0 bridgehead atoms. The van der Waals surface area contributed by atoms with E-state index in [9.17, 15) is 9.59 Å². The average molecular weight is 473 g/mol. The molecule has 0 fully saturated rings. The van der Waals surface area contributed by atoms with Crippen molar-refractivity contribution in [2.45, 2.75) is 40.3 Å². The van der Waals surface area contributed by atoms with Crippen LogP contribution < -0.4 is 5.32 Å². The molecule has 0 atom stereocenters. The van der Waals surface area contributed by atoms with Crippen molar-refractivity contribution < 1.29 is 14.3 Å². The van der Waals surface area contributed by atoms with E-state index in [0.717, 1.165) is 22.5 Å². The van der Waals surface area contributed by atoms with Crippen LogP contribution in [-0.4, -0.2) is 43.0 Å². The van der Waals surface area contributed by atoms with Crippen molar-refractivity contribution in [3.05, 3.63) is 94.7 Å². The third kappa shape index (κ3) is 5.46. The minimum absolute atomic E-state index is 0.306. The molecule has 0 radical (unpaired) electrons. The minimum atomic E-state index is -0.595. The lowest BCUT2D eigenvalue weighted by molar-refractivity contribution is -0.124. The number of carbonyl (C=O) groups is 2. The third-order valence-corrected chi connectivity index (χ3v) is 5.79. The van der Waals surface area contributed by atoms with Crippen LogP contribution in [0.25, 0.3) is 5.82 Å². The monoisotopic (exact) mass is 472 g/mol. The summed E-state index contributed by atoms with van der Waals surface area (Å²) in [7, 11) is 0. The highest BCUT2D eigenvalue weighted by atomic mass is 16.5. The minimum Gasteiger partial charge on any atom is -0.452 e. The van der Waals surface area contributed by atoms with E-state index in [2.05, 4.69) is 32.6 Å². The molecule has 0 aliphatic rings. The number of ether oxygens (including phenoxy) is 1. The average Bonchev–Trinajstić information content (AvgIpc) is 3.43. The van der Waals surface area contributed by atoms with Gasteiger partial charge in [-0.15, -0.1) is 0 Å². The molecule has 0 aliphatic carbocycles. The second-order valence-corrected chi connectivity index (χ2v) is 8.10. The first kappa shape index (κ1) is 23.9. The molecule has 0 saturated heterocycles. The summed E-state index contributed by atoms with van der Waals surface area (Å²) in [5.74, 6) is -0.370. The first-order valence-electron chi connectivity index (χ1n) is 11.5. The highest BCUT2D eigenvalue weighted by Crippen LogP contribution is 2.16. The Bertz CT molecular complexity index is 1310. The van der Waals surface area contributed by atoms with Gasteiger partial charge in [0, 0.05) is 24.0 Å². The van der Waals surface area contributed by atoms with Gasteiger partial charge >= 0.3 is 5.97 Å². The Morgan fingerprint density at radius 1 is 1.06 bits per heavy atom. The molecule has 1 N–H and O–H groups in total. The first-order chi connectivity index (χ1) is 17.0. The highest BCUT2D eigenvalue weighted by Gasteiger charge is 2.20. The fourth-order valence-electron chi connectivity index (χ4n) is 3.91. The quantitative estimate of drug-likeness (QED) is 0.375. The Labute approximate surface area is 203 Å². The maximum atomic E-state index is 12.6. The van der Waals surface area contributed by atoms with Gasteiger partial charge in [0.15, 0.2) is 12.4 Å². The number of aromatic nitrogens is 5. The summed E-state index contributed by atoms with van der Waals surface area (Å²) in [5.41, 5.74) is 4.93. The first-order valence-corrected chi connectivity index (χ1v) is 11.5. The third-order valence-electron chi connectivity index (χ3n) is 5.79. The molecule has 4 aromatic rings. The molecule has 1 aromatic carbocycles. The molecule has 3 heterocycles. The number of benzene rings is 1. The molecule has 0 unspecified atom stereocenters. The molecule has 1 amide bonds. The Morgan fingerprint density at radius 3 is 2.54 bits per heavy atom. The van der Waals surface area contributed by atoms with Gasteiger partial charge in [-0.1, -0.05) is 43.3 Å². The SMILES string of the molecule is CCc1c(C(=O)OCC(=O)NCc2c(C)nn(Cc3ccccc3)c2C)cnn1-c1ccccn1. The summed E-state index contributed by atoms with van der Waals surface area (Å²) in [5, 5.41) is 11.7. The lowest BCUT2D eigenvalue weighted by atomic mass is 10.2. The lowest BCUT2D eigenvalue weighted by Gasteiger charge is -2.09. The molecular weight excluding hydrogens is 444 g/mol. The molecule has 4 rings (SSSR count). The van der Waals surface area contributed by atoms with Crippen molar-refractivity contribution in [1.82, 2.24) is 29.9 Å². The maximum absolute atomic E-state index is 12.6. The van der Waals surface area contributed by atoms with Crippen molar-refractivity contribution in [3.8, 4) is 5.82 Å². The van der Waals surface area contributed by atoms with Gasteiger partial charge in [0.05, 0.1) is 24.1 Å². The van der Waals surface area contributed by atoms with Gasteiger partial charge < -0.3 is 10.1 Å². The van der Waals surface area contributed by atoms with E-state index < -0.39 is 5.97 Å². The summed E-state index contributed by atoms with van der Waals surface area (Å²) in [6, 6.07) is 15.5. The topological polar surface area (TPSA) is 104 Å². The molecule has 0 saturated carbocycles. The van der Waals surface area contributed by atoms with Gasteiger partial charge in [-0.05, 0) is 38.0 Å². The number of pyridine rings is 1. The second kappa shape index (κ2) is 10.8. The zero-order valence-corrected chi connectivity index (χ0v) is 20.1. The van der Waals surface area contributed by atoms with Crippen LogP contribution in [-0.2, 0) is 29.0 Å². The fraction of sp³-hybridized carbons (Fsp3) is 0.269. The number of carbonyl (C=O) groups excluding carboxylic acids is 2. The molecular formula is C26H28N6O3. The number of esters is 1. The molecule has 9 nitrogen and oxygen atoms in total. The predicted molar refractivity (Wildman–Crippen MR) is 130 cm³/mol.